The Morgan fingerprint density at radius 3 is 2.75 bits per heavy atom. The Bertz CT molecular complexity index is 321. The van der Waals surface area contributed by atoms with Gasteiger partial charge in [0.25, 0.3) is 0 Å². The predicted octanol–water partition coefficient (Wildman–Crippen LogP) is 2.35. The predicted molar refractivity (Wildman–Crippen MR) is 68.3 cm³/mol. The van der Waals surface area contributed by atoms with Crippen molar-refractivity contribution in [1.29, 1.82) is 0 Å². The van der Waals surface area contributed by atoms with Crippen molar-refractivity contribution in [3.63, 3.8) is 0 Å². The van der Waals surface area contributed by atoms with Crippen molar-refractivity contribution < 1.29 is 4.74 Å². The topological polar surface area (TPSA) is 24.5 Å². The smallest absolute Gasteiger partial charge is 0.0642 e. The summed E-state index contributed by atoms with van der Waals surface area (Å²) in [4.78, 5) is 2.39. The number of benzene rings is 1. The van der Waals surface area contributed by atoms with Gasteiger partial charge in [-0.1, -0.05) is 19.1 Å². The molecule has 1 aliphatic rings. The zero-order valence-corrected chi connectivity index (χ0v) is 9.91. The van der Waals surface area contributed by atoms with Gasteiger partial charge in [0.05, 0.1) is 24.6 Å². The normalized spacial score (nSPS) is 16.2. The zero-order chi connectivity index (χ0) is 11.2. The first-order chi connectivity index (χ1) is 7.92. The third-order valence-corrected chi connectivity index (χ3v) is 2.82. The second-order valence-corrected chi connectivity index (χ2v) is 4.04. The van der Waals surface area contributed by atoms with Crippen LogP contribution in [0.5, 0.6) is 0 Å². The molecule has 88 valence electrons. The summed E-state index contributed by atoms with van der Waals surface area (Å²) >= 11 is 0. The van der Waals surface area contributed by atoms with Gasteiger partial charge in [0.15, 0.2) is 0 Å². The van der Waals surface area contributed by atoms with Gasteiger partial charge in [-0.15, -0.1) is 0 Å². The summed E-state index contributed by atoms with van der Waals surface area (Å²) in [6.45, 7) is 6.87. The molecular formula is C13H20N2O. The Morgan fingerprint density at radius 2 is 2.00 bits per heavy atom. The summed E-state index contributed by atoms with van der Waals surface area (Å²) in [6, 6.07) is 8.52. The quantitative estimate of drug-likeness (QED) is 0.843. The number of morpholine rings is 1. The van der Waals surface area contributed by atoms with Gasteiger partial charge in [-0.2, -0.15) is 0 Å². The number of para-hydroxylation sites is 2. The van der Waals surface area contributed by atoms with Gasteiger partial charge in [-0.3, -0.25) is 0 Å². The lowest BCUT2D eigenvalue weighted by molar-refractivity contribution is 0.123. The van der Waals surface area contributed by atoms with E-state index in [0.717, 1.165) is 39.3 Å². The van der Waals surface area contributed by atoms with E-state index in [4.69, 9.17) is 4.74 Å². The lowest BCUT2D eigenvalue weighted by atomic mass is 10.2. The minimum atomic E-state index is 0.835. The van der Waals surface area contributed by atoms with E-state index in [9.17, 15) is 0 Å². The average molecular weight is 220 g/mol. The number of rotatable bonds is 4. The molecule has 1 fully saturated rings. The first-order valence-corrected chi connectivity index (χ1v) is 6.07. The Morgan fingerprint density at radius 1 is 1.25 bits per heavy atom. The van der Waals surface area contributed by atoms with Crippen LogP contribution in [0.2, 0.25) is 0 Å². The minimum Gasteiger partial charge on any atom is -0.383 e. The molecule has 0 aliphatic carbocycles. The molecule has 16 heavy (non-hydrogen) atoms. The molecule has 0 amide bonds. The van der Waals surface area contributed by atoms with Crippen LogP contribution in [0.1, 0.15) is 13.3 Å². The first-order valence-electron chi connectivity index (χ1n) is 6.07. The molecule has 0 atom stereocenters. The van der Waals surface area contributed by atoms with Crippen molar-refractivity contribution >= 4 is 11.4 Å². The third-order valence-electron chi connectivity index (χ3n) is 2.82. The highest BCUT2D eigenvalue weighted by atomic mass is 16.5. The van der Waals surface area contributed by atoms with E-state index in [0.29, 0.717) is 0 Å². The third kappa shape index (κ3) is 2.67. The lowest BCUT2D eigenvalue weighted by Crippen LogP contribution is -2.36. The Kier molecular flexibility index (Phi) is 4.05. The van der Waals surface area contributed by atoms with Crippen LogP contribution in [0, 0.1) is 0 Å². The highest BCUT2D eigenvalue weighted by Gasteiger charge is 2.13. The number of anilines is 2. The van der Waals surface area contributed by atoms with Crippen molar-refractivity contribution in [2.24, 2.45) is 0 Å². The highest BCUT2D eigenvalue weighted by Crippen LogP contribution is 2.26. The van der Waals surface area contributed by atoms with Gasteiger partial charge < -0.3 is 15.0 Å². The van der Waals surface area contributed by atoms with Crippen molar-refractivity contribution in [2.75, 3.05) is 43.1 Å². The molecular weight excluding hydrogens is 200 g/mol. The standard InChI is InChI=1S/C13H20N2O/c1-2-7-14-12-5-3-4-6-13(12)15-8-10-16-11-9-15/h3-6,14H,2,7-11H2,1H3. The van der Waals surface area contributed by atoms with Gasteiger partial charge >= 0.3 is 0 Å². The molecule has 0 saturated carbocycles. The van der Waals surface area contributed by atoms with E-state index in [-0.39, 0.29) is 0 Å². The molecule has 3 nitrogen and oxygen atoms in total. The Balaban J connectivity index is 2.11. The van der Waals surface area contributed by atoms with Crippen LogP contribution < -0.4 is 10.2 Å². The molecule has 0 radical (unpaired) electrons. The maximum Gasteiger partial charge on any atom is 0.0642 e. The van der Waals surface area contributed by atoms with Crippen LogP contribution in [-0.4, -0.2) is 32.8 Å². The summed E-state index contributed by atoms with van der Waals surface area (Å²) in [5, 5.41) is 3.48. The summed E-state index contributed by atoms with van der Waals surface area (Å²) in [7, 11) is 0. The fourth-order valence-corrected chi connectivity index (χ4v) is 1.96. The molecule has 0 spiro atoms. The summed E-state index contributed by atoms with van der Waals surface area (Å²) in [6.07, 6.45) is 1.15. The average Bonchev–Trinajstić information content (AvgIpc) is 2.38. The molecule has 1 N–H and O–H groups in total. The van der Waals surface area contributed by atoms with E-state index in [1.54, 1.807) is 0 Å². The van der Waals surface area contributed by atoms with Gasteiger partial charge in [0, 0.05) is 19.6 Å². The van der Waals surface area contributed by atoms with Crippen LogP contribution in [-0.2, 0) is 4.74 Å². The molecule has 1 aliphatic heterocycles. The van der Waals surface area contributed by atoms with Gasteiger partial charge in [0.2, 0.25) is 0 Å². The number of nitrogens with one attached hydrogen (secondary N) is 1. The molecule has 0 aromatic heterocycles. The van der Waals surface area contributed by atoms with E-state index in [1.165, 1.54) is 11.4 Å². The van der Waals surface area contributed by atoms with E-state index < -0.39 is 0 Å². The summed E-state index contributed by atoms with van der Waals surface area (Å²) in [5.74, 6) is 0. The maximum atomic E-state index is 5.38. The SMILES string of the molecule is CCCNc1ccccc1N1CCOCC1. The van der Waals surface area contributed by atoms with Gasteiger partial charge in [-0.25, -0.2) is 0 Å². The van der Waals surface area contributed by atoms with Gasteiger partial charge in [0.1, 0.15) is 0 Å². The summed E-state index contributed by atoms with van der Waals surface area (Å²) < 4.78 is 5.38. The molecule has 1 heterocycles. The fraction of sp³-hybridized carbons (Fsp3) is 0.538. The van der Waals surface area contributed by atoms with Crippen LogP contribution in [0.15, 0.2) is 24.3 Å². The van der Waals surface area contributed by atoms with Crippen molar-refractivity contribution in [2.45, 2.75) is 13.3 Å². The zero-order valence-electron chi connectivity index (χ0n) is 9.91. The second-order valence-electron chi connectivity index (χ2n) is 4.04. The second kappa shape index (κ2) is 5.75. The van der Waals surface area contributed by atoms with E-state index in [2.05, 4.69) is 41.4 Å². The first kappa shape index (κ1) is 11.3. The lowest BCUT2D eigenvalue weighted by Gasteiger charge is -2.30. The van der Waals surface area contributed by atoms with Crippen molar-refractivity contribution in [1.82, 2.24) is 0 Å². The highest BCUT2D eigenvalue weighted by molar-refractivity contribution is 5.70. The van der Waals surface area contributed by atoms with Crippen molar-refractivity contribution in [3.8, 4) is 0 Å². The molecule has 1 saturated heterocycles. The minimum absolute atomic E-state index is 0.835. The largest absolute Gasteiger partial charge is 0.383 e. The monoisotopic (exact) mass is 220 g/mol. The number of hydrogen-bond acceptors (Lipinski definition) is 3. The molecule has 0 bridgehead atoms. The van der Waals surface area contributed by atoms with Crippen LogP contribution in [0.25, 0.3) is 0 Å². The molecule has 1 aromatic carbocycles. The Hall–Kier alpha value is -1.22. The maximum absolute atomic E-state index is 5.38. The fourth-order valence-electron chi connectivity index (χ4n) is 1.96. The van der Waals surface area contributed by atoms with Gasteiger partial charge in [-0.05, 0) is 18.6 Å². The number of ether oxygens (including phenoxy) is 1. The number of hydrogen-bond donors (Lipinski definition) is 1. The van der Waals surface area contributed by atoms with Crippen LogP contribution in [0.3, 0.4) is 0 Å². The van der Waals surface area contributed by atoms with Crippen molar-refractivity contribution in [3.05, 3.63) is 24.3 Å². The number of nitrogens with zero attached hydrogens (tertiary/aromatic N) is 1. The van der Waals surface area contributed by atoms with Crippen LogP contribution >= 0.6 is 0 Å². The molecule has 0 unspecified atom stereocenters. The molecule has 1 aromatic rings. The van der Waals surface area contributed by atoms with E-state index in [1.807, 2.05) is 0 Å². The molecule has 3 heteroatoms. The van der Waals surface area contributed by atoms with E-state index >= 15 is 0 Å². The van der Waals surface area contributed by atoms with Crippen LogP contribution in [0.4, 0.5) is 11.4 Å². The molecule has 2 rings (SSSR count). The summed E-state index contributed by atoms with van der Waals surface area (Å²) in [5.41, 5.74) is 2.55. The Labute approximate surface area is 97.4 Å².